The number of fused-ring (bicyclic) bond motifs is 18. The molecule has 3 nitrogen and oxygen atoms in total. The standard InChI is InChI=1S/C52H29N3S/c1-3-14-32-30(12-1)25-27-42-49(32)53-52(54-50(42)40-21-11-23-45-46(40)39-20-9-10-22-44(39)56-45)55-43-29-28-38-36-18-6-5-16-34(36)35-17-7-8-19-37(35)47(38)48(43)41-26-24-31-13-2-4-15-33(31)51(41)55/h1-29H. The second-order valence-corrected chi connectivity index (χ2v) is 15.9. The van der Waals surface area contributed by atoms with E-state index in [4.69, 9.17) is 9.97 Å². The summed E-state index contributed by atoms with van der Waals surface area (Å²) in [5.74, 6) is 0.668. The molecular weight excluding hydrogens is 699 g/mol. The summed E-state index contributed by atoms with van der Waals surface area (Å²) in [7, 11) is 0. The van der Waals surface area contributed by atoms with Crippen molar-refractivity contribution >= 4 is 118 Å². The summed E-state index contributed by atoms with van der Waals surface area (Å²) >= 11 is 1.84. The van der Waals surface area contributed by atoms with E-state index < -0.39 is 0 Å². The van der Waals surface area contributed by atoms with Crippen molar-refractivity contribution in [2.24, 2.45) is 0 Å². The number of hydrogen-bond acceptors (Lipinski definition) is 3. The van der Waals surface area contributed by atoms with Gasteiger partial charge in [0, 0.05) is 58.1 Å². The largest absolute Gasteiger partial charge is 0.277 e. The Morgan fingerprint density at radius 3 is 1.71 bits per heavy atom. The first-order valence-corrected chi connectivity index (χ1v) is 19.9. The maximum Gasteiger partial charge on any atom is 0.235 e. The quantitative estimate of drug-likeness (QED) is 0.166. The normalized spacial score (nSPS) is 12.3. The van der Waals surface area contributed by atoms with Crippen LogP contribution in [0.3, 0.4) is 0 Å². The van der Waals surface area contributed by atoms with E-state index >= 15 is 0 Å². The van der Waals surface area contributed by atoms with Gasteiger partial charge in [-0.1, -0.05) is 152 Å². The fourth-order valence-corrected chi connectivity index (χ4v) is 10.7. The molecule has 0 aliphatic carbocycles. The summed E-state index contributed by atoms with van der Waals surface area (Å²) in [6.45, 7) is 0. The van der Waals surface area contributed by atoms with Crippen molar-refractivity contribution in [2.75, 3.05) is 0 Å². The zero-order valence-electron chi connectivity index (χ0n) is 30.0. The van der Waals surface area contributed by atoms with Crippen molar-refractivity contribution in [3.8, 4) is 17.2 Å². The van der Waals surface area contributed by atoms with Gasteiger partial charge in [-0.25, -0.2) is 9.97 Å². The third kappa shape index (κ3) is 4.01. The Bertz CT molecular complexity index is 3800. The average Bonchev–Trinajstić information content (AvgIpc) is 3.82. The van der Waals surface area contributed by atoms with Crippen LogP contribution in [0.5, 0.6) is 0 Å². The maximum absolute atomic E-state index is 5.71. The molecule has 0 fully saturated rings. The summed E-state index contributed by atoms with van der Waals surface area (Å²) in [4.78, 5) is 11.3. The van der Waals surface area contributed by atoms with Gasteiger partial charge in [-0.3, -0.25) is 4.57 Å². The summed E-state index contributed by atoms with van der Waals surface area (Å²) in [6, 6.07) is 64.1. The van der Waals surface area contributed by atoms with Crippen LogP contribution < -0.4 is 0 Å². The van der Waals surface area contributed by atoms with E-state index in [-0.39, 0.29) is 0 Å². The van der Waals surface area contributed by atoms with Crippen LogP contribution in [0, 0.1) is 0 Å². The van der Waals surface area contributed by atoms with Crippen molar-refractivity contribution in [3.05, 3.63) is 176 Å². The predicted octanol–water partition coefficient (Wildman–Crippen LogP) is 14.5. The van der Waals surface area contributed by atoms with Gasteiger partial charge in [0.05, 0.1) is 22.2 Å². The number of rotatable bonds is 2. The van der Waals surface area contributed by atoms with Crippen molar-refractivity contribution < 1.29 is 0 Å². The molecule has 56 heavy (non-hydrogen) atoms. The van der Waals surface area contributed by atoms with Crippen LogP contribution in [0.15, 0.2) is 176 Å². The molecule has 0 unspecified atom stereocenters. The van der Waals surface area contributed by atoms with Crippen LogP contribution in [0.2, 0.25) is 0 Å². The molecule has 0 atom stereocenters. The van der Waals surface area contributed by atoms with Gasteiger partial charge in [0.1, 0.15) is 0 Å². The fourth-order valence-electron chi connectivity index (χ4n) is 9.60. The SMILES string of the molecule is c1ccc2c(c1)ccc1c(-c3cccc4sc5ccccc5c34)nc(-n3c4ccc5c6ccccc6c6ccccc6c5c4c4ccc5ccccc5c43)nc12. The zero-order chi connectivity index (χ0) is 36.5. The van der Waals surface area contributed by atoms with Crippen LogP contribution in [0.1, 0.15) is 0 Å². The van der Waals surface area contributed by atoms with Crippen molar-refractivity contribution in [3.63, 3.8) is 0 Å². The van der Waals surface area contributed by atoms with Gasteiger partial charge < -0.3 is 0 Å². The summed E-state index contributed by atoms with van der Waals surface area (Å²) in [5.41, 5.74) is 5.23. The van der Waals surface area contributed by atoms with Crippen LogP contribution in [0.25, 0.3) is 124 Å². The minimum atomic E-state index is 0.668. The monoisotopic (exact) mass is 727 g/mol. The molecule has 3 aromatic heterocycles. The molecule has 0 saturated heterocycles. The van der Waals surface area contributed by atoms with Crippen molar-refractivity contribution in [1.82, 2.24) is 14.5 Å². The smallest absolute Gasteiger partial charge is 0.235 e. The van der Waals surface area contributed by atoms with E-state index in [9.17, 15) is 0 Å². The van der Waals surface area contributed by atoms with Gasteiger partial charge in [0.2, 0.25) is 5.95 Å². The van der Waals surface area contributed by atoms with Gasteiger partial charge in [0.25, 0.3) is 0 Å². The van der Waals surface area contributed by atoms with Gasteiger partial charge >= 0.3 is 0 Å². The Labute approximate surface area is 324 Å². The third-order valence-corrected chi connectivity index (χ3v) is 13.1. The van der Waals surface area contributed by atoms with E-state index in [0.717, 1.165) is 44.0 Å². The second kappa shape index (κ2) is 11.2. The average molecular weight is 728 g/mol. The first-order chi connectivity index (χ1) is 27.8. The van der Waals surface area contributed by atoms with Gasteiger partial charge in [0.15, 0.2) is 0 Å². The molecule has 3 heterocycles. The number of thiophene rings is 1. The number of aromatic nitrogens is 3. The number of hydrogen-bond donors (Lipinski definition) is 0. The summed E-state index contributed by atoms with van der Waals surface area (Å²) < 4.78 is 4.89. The Balaban J connectivity index is 1.26. The van der Waals surface area contributed by atoms with E-state index in [1.807, 2.05) is 11.3 Å². The molecule has 4 heteroatoms. The molecule has 10 aromatic carbocycles. The second-order valence-electron chi connectivity index (χ2n) is 14.8. The summed E-state index contributed by atoms with van der Waals surface area (Å²) in [5, 5.41) is 18.1. The van der Waals surface area contributed by atoms with Gasteiger partial charge in [-0.15, -0.1) is 11.3 Å². The van der Waals surface area contributed by atoms with Crippen molar-refractivity contribution in [1.29, 1.82) is 0 Å². The highest BCUT2D eigenvalue weighted by atomic mass is 32.1. The van der Waals surface area contributed by atoms with E-state index in [1.165, 1.54) is 74.0 Å². The Kier molecular flexibility index (Phi) is 6.04. The lowest BCUT2D eigenvalue weighted by Crippen LogP contribution is -2.04. The summed E-state index contributed by atoms with van der Waals surface area (Å²) in [6.07, 6.45) is 0. The number of benzene rings is 10. The van der Waals surface area contributed by atoms with Crippen LogP contribution in [0.4, 0.5) is 0 Å². The lowest BCUT2D eigenvalue weighted by Gasteiger charge is -2.15. The van der Waals surface area contributed by atoms with Crippen LogP contribution >= 0.6 is 11.3 Å². The molecule has 13 rings (SSSR count). The van der Waals surface area contributed by atoms with E-state index in [1.54, 1.807) is 0 Å². The Morgan fingerprint density at radius 2 is 0.929 bits per heavy atom. The highest BCUT2D eigenvalue weighted by Gasteiger charge is 2.24. The molecule has 0 spiro atoms. The molecule has 258 valence electrons. The first-order valence-electron chi connectivity index (χ1n) is 19.1. The van der Waals surface area contributed by atoms with Crippen molar-refractivity contribution in [2.45, 2.75) is 0 Å². The predicted molar refractivity (Wildman–Crippen MR) is 240 cm³/mol. The fraction of sp³-hybridized carbons (Fsp3) is 0. The molecular formula is C52H29N3S. The molecule has 0 bridgehead atoms. The molecule has 0 amide bonds. The molecule has 0 radical (unpaired) electrons. The molecule has 0 N–H and O–H groups in total. The minimum absolute atomic E-state index is 0.668. The molecule has 13 aromatic rings. The third-order valence-electron chi connectivity index (χ3n) is 12.0. The molecule has 0 aliphatic rings. The topological polar surface area (TPSA) is 30.7 Å². The first kappa shape index (κ1) is 30.2. The van der Waals surface area contributed by atoms with E-state index in [2.05, 4.69) is 180 Å². The van der Waals surface area contributed by atoms with Gasteiger partial charge in [-0.2, -0.15) is 0 Å². The van der Waals surface area contributed by atoms with E-state index in [0.29, 0.717) is 5.95 Å². The molecule has 0 saturated carbocycles. The highest BCUT2D eigenvalue weighted by Crippen LogP contribution is 2.46. The minimum Gasteiger partial charge on any atom is -0.277 e. The van der Waals surface area contributed by atoms with Crippen LogP contribution in [-0.4, -0.2) is 14.5 Å². The lowest BCUT2D eigenvalue weighted by molar-refractivity contribution is 1.02. The van der Waals surface area contributed by atoms with Gasteiger partial charge in [-0.05, 0) is 62.0 Å². The number of nitrogens with zero attached hydrogens (tertiary/aromatic N) is 3. The lowest BCUT2D eigenvalue weighted by atomic mass is 9.91. The zero-order valence-corrected chi connectivity index (χ0v) is 30.8. The Hall–Kier alpha value is -7.14. The Morgan fingerprint density at radius 1 is 0.357 bits per heavy atom. The maximum atomic E-state index is 5.71. The van der Waals surface area contributed by atoms with Crippen LogP contribution in [-0.2, 0) is 0 Å². The molecule has 0 aliphatic heterocycles. The highest BCUT2D eigenvalue weighted by molar-refractivity contribution is 7.25.